The van der Waals surface area contributed by atoms with Crippen LogP contribution in [0.25, 0.3) is 0 Å². The van der Waals surface area contributed by atoms with Gasteiger partial charge in [0.1, 0.15) is 0 Å². The number of rotatable bonds is 5. The molecule has 1 aromatic carbocycles. The van der Waals surface area contributed by atoms with Gasteiger partial charge in [-0.25, -0.2) is 0 Å². The number of nitrogens with zero attached hydrogens (tertiary/aromatic N) is 2. The largest absolute Gasteiger partial charge is 0.362 e. The first kappa shape index (κ1) is 14.5. The van der Waals surface area contributed by atoms with Crippen molar-refractivity contribution in [3.63, 3.8) is 0 Å². The zero-order valence-corrected chi connectivity index (χ0v) is 12.1. The minimum Gasteiger partial charge on any atom is -0.362 e. The fourth-order valence-electron chi connectivity index (χ4n) is 1.64. The summed E-state index contributed by atoms with van der Waals surface area (Å²) in [4.78, 5) is 13.4. The lowest BCUT2D eigenvalue weighted by Gasteiger charge is -2.23. The smallest absolute Gasteiger partial charge is 0.239 e. The molecule has 4 nitrogen and oxygen atoms in total. The second-order valence-corrected chi connectivity index (χ2v) is 4.82. The molecule has 0 aliphatic heterocycles. The number of halogens is 1. The Morgan fingerprint density at radius 1 is 1.50 bits per heavy atom. The maximum absolute atomic E-state index is 11.5. The molecule has 0 fully saturated rings. The molecule has 1 N–H and O–H groups in total. The summed E-state index contributed by atoms with van der Waals surface area (Å²) in [7, 11) is 1.62. The zero-order chi connectivity index (χ0) is 13.5. The molecular formula is C13H16BrN3O. The molecule has 1 rings (SSSR count). The van der Waals surface area contributed by atoms with Crippen LogP contribution in [0.1, 0.15) is 18.9 Å². The normalized spacial score (nSPS) is 9.67. The van der Waals surface area contributed by atoms with Crippen molar-refractivity contribution in [2.45, 2.75) is 13.3 Å². The molecule has 0 saturated carbocycles. The van der Waals surface area contributed by atoms with E-state index in [1.807, 2.05) is 11.0 Å². The van der Waals surface area contributed by atoms with Crippen molar-refractivity contribution >= 4 is 27.5 Å². The standard InChI is InChI=1S/C13H16BrN3O/c1-3-4-17(9-13(18)16-2)12-6-10(8-15)5-11(14)7-12/h5-7H,3-4,9H2,1-2H3,(H,16,18). The van der Waals surface area contributed by atoms with Gasteiger partial charge >= 0.3 is 0 Å². The zero-order valence-electron chi connectivity index (χ0n) is 10.5. The molecule has 0 aliphatic carbocycles. The van der Waals surface area contributed by atoms with E-state index in [4.69, 9.17) is 5.26 Å². The number of likely N-dealkylation sites (N-methyl/N-ethyl adjacent to an activating group) is 1. The lowest BCUT2D eigenvalue weighted by molar-refractivity contribution is -0.119. The van der Waals surface area contributed by atoms with Crippen molar-refractivity contribution < 1.29 is 4.79 Å². The Kier molecular flexibility index (Phi) is 5.66. The summed E-state index contributed by atoms with van der Waals surface area (Å²) in [5.41, 5.74) is 1.46. The molecular weight excluding hydrogens is 294 g/mol. The van der Waals surface area contributed by atoms with Gasteiger partial charge in [-0.1, -0.05) is 22.9 Å². The first-order valence-corrected chi connectivity index (χ1v) is 6.56. The number of benzene rings is 1. The van der Waals surface area contributed by atoms with Gasteiger partial charge < -0.3 is 10.2 Å². The van der Waals surface area contributed by atoms with Crippen LogP contribution < -0.4 is 10.2 Å². The van der Waals surface area contributed by atoms with Crippen molar-refractivity contribution in [2.75, 3.05) is 25.0 Å². The second-order valence-electron chi connectivity index (χ2n) is 3.90. The summed E-state index contributed by atoms with van der Waals surface area (Å²) in [5.74, 6) is -0.0399. The molecule has 0 radical (unpaired) electrons. The summed E-state index contributed by atoms with van der Waals surface area (Å²) in [6.45, 7) is 3.13. The van der Waals surface area contributed by atoms with Gasteiger partial charge in [0, 0.05) is 23.8 Å². The van der Waals surface area contributed by atoms with Crippen LogP contribution in [0.2, 0.25) is 0 Å². The number of nitriles is 1. The van der Waals surface area contributed by atoms with E-state index in [0.29, 0.717) is 12.1 Å². The molecule has 1 amide bonds. The van der Waals surface area contributed by atoms with Crippen LogP contribution in [0, 0.1) is 11.3 Å². The highest BCUT2D eigenvalue weighted by molar-refractivity contribution is 9.10. The summed E-state index contributed by atoms with van der Waals surface area (Å²) in [6, 6.07) is 7.58. The molecule has 0 aliphatic rings. The minimum absolute atomic E-state index is 0.0399. The first-order chi connectivity index (χ1) is 8.60. The Morgan fingerprint density at radius 2 is 2.22 bits per heavy atom. The molecule has 0 aromatic heterocycles. The Hall–Kier alpha value is -1.54. The lowest BCUT2D eigenvalue weighted by atomic mass is 10.2. The van der Waals surface area contributed by atoms with Crippen LogP contribution in [-0.2, 0) is 4.79 Å². The Morgan fingerprint density at radius 3 is 2.78 bits per heavy atom. The molecule has 0 atom stereocenters. The van der Waals surface area contributed by atoms with Gasteiger partial charge in [0.25, 0.3) is 0 Å². The fraction of sp³-hybridized carbons (Fsp3) is 0.385. The van der Waals surface area contributed by atoms with E-state index in [-0.39, 0.29) is 5.91 Å². The highest BCUT2D eigenvalue weighted by Gasteiger charge is 2.11. The van der Waals surface area contributed by atoms with Crippen molar-refractivity contribution in [3.8, 4) is 6.07 Å². The van der Waals surface area contributed by atoms with Crippen molar-refractivity contribution in [1.82, 2.24) is 5.32 Å². The van der Waals surface area contributed by atoms with E-state index in [1.54, 1.807) is 19.2 Å². The number of anilines is 1. The molecule has 0 unspecified atom stereocenters. The van der Waals surface area contributed by atoms with Crippen molar-refractivity contribution in [2.24, 2.45) is 0 Å². The quantitative estimate of drug-likeness (QED) is 0.908. The molecule has 0 saturated heterocycles. The monoisotopic (exact) mass is 309 g/mol. The topological polar surface area (TPSA) is 56.1 Å². The predicted molar refractivity (Wildman–Crippen MR) is 75.4 cm³/mol. The average Bonchev–Trinajstić information content (AvgIpc) is 2.37. The molecule has 1 aromatic rings. The van der Waals surface area contributed by atoms with Crippen LogP contribution >= 0.6 is 15.9 Å². The number of nitrogens with one attached hydrogen (secondary N) is 1. The minimum atomic E-state index is -0.0399. The van der Waals surface area contributed by atoms with E-state index in [1.165, 1.54) is 0 Å². The highest BCUT2D eigenvalue weighted by Crippen LogP contribution is 2.22. The summed E-state index contributed by atoms with van der Waals surface area (Å²) < 4.78 is 0.842. The third-order valence-electron chi connectivity index (χ3n) is 2.48. The number of carbonyl (C=O) groups is 1. The Labute approximate surface area is 116 Å². The van der Waals surface area contributed by atoms with E-state index < -0.39 is 0 Å². The van der Waals surface area contributed by atoms with Crippen LogP contribution in [0.5, 0.6) is 0 Å². The summed E-state index contributed by atoms with van der Waals surface area (Å²) in [6.07, 6.45) is 0.936. The molecule has 96 valence electrons. The van der Waals surface area contributed by atoms with Gasteiger partial charge in [-0.15, -0.1) is 0 Å². The number of amides is 1. The number of hydrogen-bond donors (Lipinski definition) is 1. The fourth-order valence-corrected chi connectivity index (χ4v) is 2.12. The van der Waals surface area contributed by atoms with E-state index >= 15 is 0 Å². The van der Waals surface area contributed by atoms with Gasteiger partial charge in [-0.3, -0.25) is 4.79 Å². The van der Waals surface area contributed by atoms with Crippen LogP contribution in [-0.4, -0.2) is 26.0 Å². The second kappa shape index (κ2) is 7.02. The van der Waals surface area contributed by atoms with E-state index in [0.717, 1.165) is 23.1 Å². The van der Waals surface area contributed by atoms with Gasteiger partial charge in [-0.05, 0) is 24.6 Å². The van der Waals surface area contributed by atoms with Gasteiger partial charge in [-0.2, -0.15) is 5.26 Å². The molecule has 0 spiro atoms. The van der Waals surface area contributed by atoms with Gasteiger partial charge in [0.2, 0.25) is 5.91 Å². The third kappa shape index (κ3) is 4.04. The van der Waals surface area contributed by atoms with Gasteiger partial charge in [0.05, 0.1) is 18.2 Å². The number of hydrogen-bond acceptors (Lipinski definition) is 3. The Balaban J connectivity index is 3.01. The maximum atomic E-state index is 11.5. The van der Waals surface area contributed by atoms with Crippen LogP contribution in [0.4, 0.5) is 5.69 Å². The molecule has 0 bridgehead atoms. The van der Waals surface area contributed by atoms with Crippen LogP contribution in [0.3, 0.4) is 0 Å². The summed E-state index contributed by atoms with van der Waals surface area (Å²) in [5, 5.41) is 11.6. The molecule has 18 heavy (non-hydrogen) atoms. The van der Waals surface area contributed by atoms with Crippen molar-refractivity contribution in [3.05, 3.63) is 28.2 Å². The predicted octanol–water partition coefficient (Wildman–Crippen LogP) is 2.28. The SMILES string of the molecule is CCCN(CC(=O)NC)c1cc(Br)cc(C#N)c1. The average molecular weight is 310 g/mol. The summed E-state index contributed by atoms with van der Waals surface area (Å²) >= 11 is 3.38. The van der Waals surface area contributed by atoms with Gasteiger partial charge in [0.15, 0.2) is 0 Å². The molecule has 5 heteroatoms. The number of carbonyl (C=O) groups excluding carboxylic acids is 1. The van der Waals surface area contributed by atoms with Crippen molar-refractivity contribution in [1.29, 1.82) is 5.26 Å². The first-order valence-electron chi connectivity index (χ1n) is 5.77. The third-order valence-corrected chi connectivity index (χ3v) is 2.94. The van der Waals surface area contributed by atoms with Crippen LogP contribution in [0.15, 0.2) is 22.7 Å². The lowest BCUT2D eigenvalue weighted by Crippen LogP contribution is -2.36. The van der Waals surface area contributed by atoms with E-state index in [9.17, 15) is 4.79 Å². The maximum Gasteiger partial charge on any atom is 0.239 e. The highest BCUT2D eigenvalue weighted by atomic mass is 79.9. The van der Waals surface area contributed by atoms with E-state index in [2.05, 4.69) is 34.2 Å². The Bertz CT molecular complexity index is 468. The molecule has 0 heterocycles.